The van der Waals surface area contributed by atoms with Gasteiger partial charge in [-0.1, -0.05) is 116 Å². The third-order valence-electron chi connectivity index (χ3n) is 12.7. The molecule has 4 aromatic carbocycles. The number of fused-ring (bicyclic) bond motifs is 5. The Hall–Kier alpha value is -4.21. The van der Waals surface area contributed by atoms with Gasteiger partial charge in [-0.3, -0.25) is 4.99 Å². The topological polar surface area (TPSA) is 47.0 Å². The molecule has 0 amide bonds. The first-order valence-electron chi connectivity index (χ1n) is 21.0. The second kappa shape index (κ2) is 13.7. The zero-order valence-electron chi connectivity index (χ0n) is 38.0. The van der Waals surface area contributed by atoms with Crippen LogP contribution in [-0.2, 0) is 54.0 Å². The molecule has 5 aromatic rings. The first-order chi connectivity index (χ1) is 26.8. The number of aryl methyl sites for hydroxylation is 3. The molecule has 3 aliphatic rings. The van der Waals surface area contributed by atoms with Gasteiger partial charge in [-0.2, -0.15) is 6.07 Å². The van der Waals surface area contributed by atoms with Gasteiger partial charge in [-0.15, -0.1) is 28.8 Å². The fourth-order valence-electron chi connectivity index (χ4n) is 8.53. The molecule has 0 saturated heterocycles. The van der Waals surface area contributed by atoms with Crippen LogP contribution in [0.3, 0.4) is 0 Å². The maximum absolute atomic E-state index is 9.22. The van der Waals surface area contributed by atoms with Crippen LogP contribution in [0.4, 0.5) is 17.2 Å². The molecule has 2 aliphatic heterocycles. The van der Waals surface area contributed by atoms with Crippen LogP contribution in [0.25, 0.3) is 0 Å². The number of ether oxygens (including phenoxy) is 2. The number of hydrogen-bond donors (Lipinski definition) is 0. The predicted molar refractivity (Wildman–Crippen MR) is 230 cm³/mol. The molecule has 1 aromatic heterocycles. The van der Waals surface area contributed by atoms with E-state index in [0.717, 1.165) is 56.1 Å². The number of anilines is 3. The summed E-state index contributed by atoms with van der Waals surface area (Å²) in [5.41, 5.74) is 10.8. The Morgan fingerprint density at radius 1 is 0.789 bits per heavy atom. The summed E-state index contributed by atoms with van der Waals surface area (Å²) in [5, 5.41) is 0. The average molecular weight is 941 g/mol. The van der Waals surface area contributed by atoms with Gasteiger partial charge in [0.1, 0.15) is 22.9 Å². The van der Waals surface area contributed by atoms with Crippen molar-refractivity contribution in [1.82, 2.24) is 4.98 Å². The number of hydrogen-bond acceptors (Lipinski definition) is 5. The Morgan fingerprint density at radius 3 is 2.21 bits per heavy atom. The minimum absolute atomic E-state index is 0. The zero-order valence-corrected chi connectivity index (χ0v) is 38.3. The third kappa shape index (κ3) is 6.66. The Morgan fingerprint density at radius 2 is 1.51 bits per heavy atom. The van der Waals surface area contributed by atoms with Gasteiger partial charge in [-0.05, 0) is 115 Å². The third-order valence-corrected chi connectivity index (χ3v) is 12.7. The minimum atomic E-state index is -1.58. The molecule has 8 rings (SSSR count). The summed E-state index contributed by atoms with van der Waals surface area (Å²) < 4.78 is 32.2. The SMILES string of the molecule is [2H]C1([2H])C[C@]2(C)OC(c3[c-]c(Oc4[c-]c5c(cc4C)C(C)(C)c4cc(C)ccc4N5c4cc(C(C)(C)C)ccn4)cc(C(C)(C)C)c3)=N[C@]2(C)c2ccc(C)c(C)c21.[Pt+2]. The molecule has 0 N–H and O–H groups in total. The van der Waals surface area contributed by atoms with Crippen molar-refractivity contribution >= 4 is 23.1 Å². The number of benzene rings is 4. The molecule has 0 radical (unpaired) electrons. The van der Waals surface area contributed by atoms with Crippen molar-refractivity contribution in [3.05, 3.63) is 140 Å². The Labute approximate surface area is 358 Å². The average Bonchev–Trinajstić information content (AvgIpc) is 3.40. The first kappa shape index (κ1) is 38.3. The van der Waals surface area contributed by atoms with Crippen LogP contribution in [0.5, 0.6) is 11.5 Å². The van der Waals surface area contributed by atoms with Crippen molar-refractivity contribution in [3.8, 4) is 11.5 Å². The van der Waals surface area contributed by atoms with Gasteiger partial charge in [0.05, 0.1) is 0 Å². The Bertz CT molecular complexity index is 2560. The van der Waals surface area contributed by atoms with Crippen LogP contribution in [0.15, 0.2) is 71.9 Å². The number of aliphatic imine (C=N–C) groups is 1. The second-order valence-corrected chi connectivity index (χ2v) is 19.3. The molecule has 0 bridgehead atoms. The standard InChI is InChI=1S/C51H57N3O2.Pt/c1-30-15-18-42-40(23-30)49(11,12)41-24-32(3)44(29-43(41)54(42)45-28-35(20-22-52-45)47(5,6)7)55-37-26-34(25-36(27-37)48(8,9)10)46-53-51(14)39-17-16-31(2)33(4)38(39)19-21-50(51,13)56-46;/h15-18,20,22-25,27-28H,19,21H2,1-14H3;/q-2;+2/t50-,51+;/m0./s1/i19D2;. The van der Waals surface area contributed by atoms with E-state index in [9.17, 15) is 2.74 Å². The molecule has 6 heteroatoms. The summed E-state index contributed by atoms with van der Waals surface area (Å²) in [6.07, 6.45) is 0.499. The van der Waals surface area contributed by atoms with Crippen LogP contribution >= 0.6 is 0 Å². The molecule has 0 unspecified atom stereocenters. The van der Waals surface area contributed by atoms with E-state index < -0.39 is 17.5 Å². The van der Waals surface area contributed by atoms with E-state index in [0.29, 0.717) is 23.0 Å². The van der Waals surface area contributed by atoms with Gasteiger partial charge in [0, 0.05) is 26.1 Å². The molecule has 0 fully saturated rings. The number of aromatic nitrogens is 1. The second-order valence-electron chi connectivity index (χ2n) is 19.3. The van der Waals surface area contributed by atoms with E-state index in [2.05, 4.69) is 148 Å². The van der Waals surface area contributed by atoms with Crippen molar-refractivity contribution < 1.29 is 33.3 Å². The Kier molecular flexibility index (Phi) is 9.20. The van der Waals surface area contributed by atoms with Crippen LogP contribution < -0.4 is 9.64 Å². The normalized spacial score (nSPS) is 22.1. The van der Waals surface area contributed by atoms with Crippen molar-refractivity contribution in [3.63, 3.8) is 0 Å². The molecule has 0 saturated carbocycles. The van der Waals surface area contributed by atoms with Crippen molar-refractivity contribution in [1.29, 1.82) is 0 Å². The zero-order chi connectivity index (χ0) is 42.1. The molecule has 0 spiro atoms. The van der Waals surface area contributed by atoms with Gasteiger partial charge in [0.25, 0.3) is 0 Å². The molecular weight excluding hydrogens is 882 g/mol. The van der Waals surface area contributed by atoms with Crippen LogP contribution in [0.2, 0.25) is 0 Å². The fourth-order valence-corrected chi connectivity index (χ4v) is 8.53. The molecule has 298 valence electrons. The van der Waals surface area contributed by atoms with Crippen molar-refractivity contribution in [2.45, 2.75) is 137 Å². The summed E-state index contributed by atoms with van der Waals surface area (Å²) >= 11 is 0. The predicted octanol–water partition coefficient (Wildman–Crippen LogP) is 12.8. The maximum Gasteiger partial charge on any atom is 2.00 e. The number of rotatable bonds is 4. The van der Waals surface area contributed by atoms with Crippen molar-refractivity contribution in [2.24, 2.45) is 4.99 Å². The van der Waals surface area contributed by atoms with E-state index in [-0.39, 0.29) is 43.7 Å². The summed E-state index contributed by atoms with van der Waals surface area (Å²) in [4.78, 5) is 12.5. The van der Waals surface area contributed by atoms with Crippen molar-refractivity contribution in [2.75, 3.05) is 4.90 Å². The molecule has 57 heavy (non-hydrogen) atoms. The maximum atomic E-state index is 9.22. The molecule has 1 aliphatic carbocycles. The monoisotopic (exact) mass is 940 g/mol. The van der Waals surface area contributed by atoms with E-state index in [1.165, 1.54) is 16.7 Å². The van der Waals surface area contributed by atoms with Gasteiger partial charge < -0.3 is 14.4 Å². The van der Waals surface area contributed by atoms with E-state index in [1.807, 2.05) is 33.0 Å². The summed E-state index contributed by atoms with van der Waals surface area (Å²) in [5.74, 6) is 2.41. The van der Waals surface area contributed by atoms with Crippen LogP contribution in [0, 0.1) is 39.8 Å². The Balaban J connectivity index is 0.00000528. The number of pyridine rings is 1. The van der Waals surface area contributed by atoms with Gasteiger partial charge in [0.15, 0.2) is 0 Å². The van der Waals surface area contributed by atoms with E-state index in [1.54, 1.807) is 0 Å². The summed E-state index contributed by atoms with van der Waals surface area (Å²) in [6.45, 7) is 30.2. The van der Waals surface area contributed by atoms with Crippen LogP contribution in [0.1, 0.15) is 140 Å². The smallest absolute Gasteiger partial charge is 0.511 e. The van der Waals surface area contributed by atoms with Gasteiger partial charge in [-0.25, -0.2) is 4.98 Å². The molecular formula is C51H57N3O2Pt. The quantitative estimate of drug-likeness (QED) is 0.168. The fraction of sp³-hybridized carbons (Fsp3) is 0.412. The van der Waals surface area contributed by atoms with E-state index >= 15 is 0 Å². The van der Waals surface area contributed by atoms with E-state index in [4.69, 9.17) is 19.5 Å². The largest absolute Gasteiger partial charge is 2.00 e. The van der Waals surface area contributed by atoms with Crippen LogP contribution in [-0.4, -0.2) is 16.5 Å². The number of nitrogens with zero attached hydrogens (tertiary/aromatic N) is 3. The summed E-state index contributed by atoms with van der Waals surface area (Å²) in [7, 11) is 0. The molecule has 2 atom stereocenters. The molecule has 3 heterocycles. The molecule has 5 nitrogen and oxygen atoms in total. The first-order valence-corrected chi connectivity index (χ1v) is 20.0. The summed E-state index contributed by atoms with van der Waals surface area (Å²) in [6, 6.07) is 28.8. The minimum Gasteiger partial charge on any atom is -0.511 e. The van der Waals surface area contributed by atoms with Gasteiger partial charge >= 0.3 is 21.1 Å². The van der Waals surface area contributed by atoms with Gasteiger partial charge in [0.2, 0.25) is 0 Å².